The molecule has 1 saturated heterocycles. The molecule has 0 aromatic heterocycles. The Labute approximate surface area is 135 Å². The maximum Gasteiger partial charge on any atom is 0.335 e. The van der Waals surface area contributed by atoms with Crippen molar-refractivity contribution >= 4 is 5.97 Å². The molecule has 1 rings (SSSR count). The Bertz CT molecular complexity index is 403. The van der Waals surface area contributed by atoms with Crippen molar-refractivity contribution in [3.8, 4) is 0 Å². The minimum Gasteiger partial charge on any atom is -0.479 e. The molecule has 0 spiro atoms. The van der Waals surface area contributed by atoms with Crippen LogP contribution >= 0.6 is 0 Å². The molecule has 142 valence electrons. The minimum atomic E-state index is -2.39. The summed E-state index contributed by atoms with van der Waals surface area (Å²) in [5.41, 5.74) is 0. The van der Waals surface area contributed by atoms with Crippen molar-refractivity contribution in [3.05, 3.63) is 0 Å². The van der Waals surface area contributed by atoms with Crippen LogP contribution < -0.4 is 0 Å². The van der Waals surface area contributed by atoms with Crippen molar-refractivity contribution in [2.75, 3.05) is 13.2 Å². The Balaban J connectivity index is 2.94. The van der Waals surface area contributed by atoms with E-state index >= 15 is 0 Å². The van der Waals surface area contributed by atoms with Crippen LogP contribution in [-0.4, -0.2) is 120 Å². The third-order valence-corrected chi connectivity index (χ3v) is 3.62. The maximum absolute atomic E-state index is 10.7. The van der Waals surface area contributed by atoms with E-state index in [-0.39, 0.29) is 0 Å². The number of aliphatic hydroxyl groups is 8. The Kier molecular flexibility index (Phi) is 7.88. The van der Waals surface area contributed by atoms with Gasteiger partial charge in [0.1, 0.15) is 42.7 Å². The second kappa shape index (κ2) is 8.96. The Hall–Kier alpha value is -0.930. The molecule has 12 heteroatoms. The molecule has 0 aromatic carbocycles. The average molecular weight is 358 g/mol. The minimum absolute atomic E-state index is 0.766. The lowest BCUT2D eigenvalue weighted by Gasteiger charge is -2.42. The highest BCUT2D eigenvalue weighted by atomic mass is 16.7. The van der Waals surface area contributed by atoms with Crippen LogP contribution in [0.2, 0.25) is 0 Å². The molecular formula is C12H22O12. The highest BCUT2D eigenvalue weighted by Crippen LogP contribution is 2.24. The lowest BCUT2D eigenvalue weighted by molar-refractivity contribution is -0.326. The molecule has 1 heterocycles. The van der Waals surface area contributed by atoms with Crippen molar-refractivity contribution in [1.82, 2.24) is 0 Å². The molecule has 9 N–H and O–H groups in total. The predicted molar refractivity (Wildman–Crippen MR) is 71.4 cm³/mol. The molecular weight excluding hydrogens is 336 g/mol. The van der Waals surface area contributed by atoms with E-state index in [1.165, 1.54) is 0 Å². The first-order valence-electron chi connectivity index (χ1n) is 6.99. The largest absolute Gasteiger partial charge is 0.479 e. The van der Waals surface area contributed by atoms with Gasteiger partial charge in [0.05, 0.1) is 13.2 Å². The van der Waals surface area contributed by atoms with Crippen LogP contribution in [0.25, 0.3) is 0 Å². The molecule has 0 bridgehead atoms. The Morgan fingerprint density at radius 1 is 1.04 bits per heavy atom. The van der Waals surface area contributed by atoms with Gasteiger partial charge in [-0.05, 0) is 0 Å². The van der Waals surface area contributed by atoms with E-state index in [0.717, 1.165) is 0 Å². The number of aliphatic hydroxyl groups excluding tert-OH is 8. The van der Waals surface area contributed by atoms with E-state index in [1.54, 1.807) is 0 Å². The Morgan fingerprint density at radius 2 is 1.62 bits per heavy atom. The summed E-state index contributed by atoms with van der Waals surface area (Å²) in [7, 11) is 0. The molecule has 12 nitrogen and oxygen atoms in total. The normalized spacial score (nSPS) is 35.9. The second-order valence-electron chi connectivity index (χ2n) is 5.32. The van der Waals surface area contributed by atoms with Crippen molar-refractivity contribution in [1.29, 1.82) is 0 Å². The monoisotopic (exact) mass is 358 g/mol. The highest BCUT2D eigenvalue weighted by Gasteiger charge is 2.47. The number of carboxylic acids is 1. The van der Waals surface area contributed by atoms with Crippen molar-refractivity contribution < 1.29 is 60.2 Å². The van der Waals surface area contributed by atoms with Gasteiger partial charge in [-0.3, -0.25) is 0 Å². The summed E-state index contributed by atoms with van der Waals surface area (Å²) in [4.78, 5) is 10.7. The van der Waals surface area contributed by atoms with Gasteiger partial charge in [0.2, 0.25) is 0 Å². The predicted octanol–water partition coefficient (Wildman–Crippen LogP) is -5.67. The van der Waals surface area contributed by atoms with Crippen LogP contribution in [-0.2, 0) is 14.3 Å². The fourth-order valence-electron chi connectivity index (χ4n) is 2.16. The van der Waals surface area contributed by atoms with E-state index in [2.05, 4.69) is 0 Å². The van der Waals surface area contributed by atoms with E-state index in [0.29, 0.717) is 0 Å². The van der Waals surface area contributed by atoms with Crippen LogP contribution in [0.5, 0.6) is 0 Å². The van der Waals surface area contributed by atoms with Crippen LogP contribution in [0.4, 0.5) is 0 Å². The first-order chi connectivity index (χ1) is 11.1. The highest BCUT2D eigenvalue weighted by molar-refractivity contribution is 5.72. The fourth-order valence-corrected chi connectivity index (χ4v) is 2.16. The van der Waals surface area contributed by atoms with Crippen molar-refractivity contribution in [3.63, 3.8) is 0 Å². The molecule has 0 aliphatic carbocycles. The van der Waals surface area contributed by atoms with Gasteiger partial charge in [-0.1, -0.05) is 0 Å². The Morgan fingerprint density at radius 3 is 2.08 bits per heavy atom. The van der Waals surface area contributed by atoms with Crippen LogP contribution in [0.15, 0.2) is 0 Å². The molecule has 9 atom stereocenters. The number of hydrogen-bond acceptors (Lipinski definition) is 11. The average Bonchev–Trinajstić information content (AvgIpc) is 2.57. The summed E-state index contributed by atoms with van der Waals surface area (Å²) >= 11 is 0. The number of hydrogen-bond donors (Lipinski definition) is 9. The van der Waals surface area contributed by atoms with Crippen molar-refractivity contribution in [2.45, 2.75) is 55.1 Å². The molecule has 1 fully saturated rings. The molecule has 0 radical (unpaired) electrons. The zero-order valence-electron chi connectivity index (χ0n) is 12.4. The third kappa shape index (κ3) is 4.58. The summed E-state index contributed by atoms with van der Waals surface area (Å²) < 4.78 is 9.98. The summed E-state index contributed by atoms with van der Waals surface area (Å²) in [6.45, 7) is -1.76. The summed E-state index contributed by atoms with van der Waals surface area (Å²) in [5, 5.41) is 84.5. The molecule has 0 amide bonds. The zero-order valence-corrected chi connectivity index (χ0v) is 12.4. The number of aliphatic carboxylic acids is 1. The number of rotatable bonds is 8. The van der Waals surface area contributed by atoms with Gasteiger partial charge >= 0.3 is 5.97 Å². The van der Waals surface area contributed by atoms with Gasteiger partial charge in [0.15, 0.2) is 12.4 Å². The van der Waals surface area contributed by atoms with Gasteiger partial charge in [-0.15, -0.1) is 0 Å². The van der Waals surface area contributed by atoms with Gasteiger partial charge in [-0.2, -0.15) is 0 Å². The van der Waals surface area contributed by atoms with Gasteiger partial charge in [0, 0.05) is 0 Å². The maximum atomic E-state index is 10.7. The first-order valence-corrected chi connectivity index (χ1v) is 6.99. The third-order valence-electron chi connectivity index (χ3n) is 3.62. The topological polar surface area (TPSA) is 218 Å². The first kappa shape index (κ1) is 21.1. The quantitative estimate of drug-likeness (QED) is 0.198. The summed E-state index contributed by atoms with van der Waals surface area (Å²) in [6.07, 6.45) is -16.9. The fraction of sp³-hybridized carbons (Fsp3) is 0.917. The summed E-state index contributed by atoms with van der Waals surface area (Å²) in [5.74, 6) is -1.84. The van der Waals surface area contributed by atoms with Crippen LogP contribution in [0.3, 0.4) is 0 Å². The molecule has 0 unspecified atom stereocenters. The SMILES string of the molecule is O=C(O)[C@H](O)[C@@H](O)[C@H](O[C@@H]1O[C@H](CO)[C@H](O)[C@H](O)[C@H]1O)[C@@H](O)CO. The van der Waals surface area contributed by atoms with Gasteiger partial charge in [-0.25, -0.2) is 4.79 Å². The van der Waals surface area contributed by atoms with E-state index < -0.39 is 74.3 Å². The van der Waals surface area contributed by atoms with Crippen molar-refractivity contribution in [2.24, 2.45) is 0 Å². The lowest BCUT2D eigenvalue weighted by atomic mass is 9.98. The smallest absolute Gasteiger partial charge is 0.335 e. The van der Waals surface area contributed by atoms with Crippen LogP contribution in [0.1, 0.15) is 0 Å². The molecule has 0 aromatic rings. The second-order valence-corrected chi connectivity index (χ2v) is 5.32. The number of carboxylic acid groups (broad SMARTS) is 1. The molecule has 24 heavy (non-hydrogen) atoms. The molecule has 1 aliphatic heterocycles. The standard InChI is InChI=1S/C12H22O12/c13-1-3(15)10(7(18)8(19)11(21)22)24-12-9(20)6(17)5(16)4(2-14)23-12/h3-10,12-20H,1-2H2,(H,21,22)/t3-,4+,5-,6-,7+,8+,9+,10+,12-/m0/s1. The summed E-state index contributed by atoms with van der Waals surface area (Å²) in [6, 6.07) is 0. The van der Waals surface area contributed by atoms with Gasteiger partial charge < -0.3 is 55.4 Å². The zero-order chi connectivity index (χ0) is 18.6. The van der Waals surface area contributed by atoms with E-state index in [4.69, 9.17) is 24.8 Å². The number of carbonyl (C=O) groups is 1. The molecule has 0 saturated carbocycles. The van der Waals surface area contributed by atoms with Gasteiger partial charge in [0.25, 0.3) is 0 Å². The lowest BCUT2D eigenvalue weighted by Crippen LogP contribution is -2.61. The van der Waals surface area contributed by atoms with E-state index in [1.807, 2.05) is 0 Å². The molecule has 1 aliphatic rings. The number of ether oxygens (including phenoxy) is 2. The van der Waals surface area contributed by atoms with Crippen LogP contribution in [0, 0.1) is 0 Å². The van der Waals surface area contributed by atoms with E-state index in [9.17, 15) is 35.4 Å².